The summed E-state index contributed by atoms with van der Waals surface area (Å²) in [5.74, 6) is 0. The highest BCUT2D eigenvalue weighted by molar-refractivity contribution is 5.70. The van der Waals surface area contributed by atoms with Crippen molar-refractivity contribution < 1.29 is 0 Å². The zero-order chi connectivity index (χ0) is 15.1. The van der Waals surface area contributed by atoms with Gasteiger partial charge in [-0.25, -0.2) is 0 Å². The van der Waals surface area contributed by atoms with Crippen molar-refractivity contribution in [1.29, 1.82) is 0 Å². The molecule has 0 aliphatic heterocycles. The van der Waals surface area contributed by atoms with Crippen LogP contribution in [0.4, 0.5) is 0 Å². The number of hydrogen-bond donors (Lipinski definition) is 0. The van der Waals surface area contributed by atoms with Crippen LogP contribution in [0.5, 0.6) is 0 Å². The smallest absolute Gasteiger partial charge is 0.0149 e. The van der Waals surface area contributed by atoms with Crippen LogP contribution in [-0.4, -0.2) is 0 Å². The average molecular weight is 274 g/mol. The molecule has 0 amide bonds. The molecule has 0 aliphatic carbocycles. The van der Waals surface area contributed by atoms with Crippen molar-refractivity contribution in [2.75, 3.05) is 0 Å². The Morgan fingerprint density at radius 1 is 0.476 bits per heavy atom. The topological polar surface area (TPSA) is 0 Å². The van der Waals surface area contributed by atoms with Crippen LogP contribution >= 0.6 is 0 Å². The number of rotatable bonds is 1. The van der Waals surface area contributed by atoms with Gasteiger partial charge in [0.25, 0.3) is 0 Å². The van der Waals surface area contributed by atoms with Gasteiger partial charge >= 0.3 is 0 Å². The summed E-state index contributed by atoms with van der Waals surface area (Å²) in [7, 11) is 0. The first-order chi connectivity index (χ1) is 10.2. The first-order valence-corrected chi connectivity index (χ1v) is 7.32. The van der Waals surface area contributed by atoms with Gasteiger partial charge in [-0.15, -0.1) is 0 Å². The summed E-state index contributed by atoms with van der Waals surface area (Å²) >= 11 is 0. The van der Waals surface area contributed by atoms with Gasteiger partial charge in [0.15, 0.2) is 0 Å². The van der Waals surface area contributed by atoms with Crippen molar-refractivity contribution in [3.05, 3.63) is 95.6 Å². The summed E-state index contributed by atoms with van der Waals surface area (Å²) in [5, 5.41) is 0. The second-order valence-corrected chi connectivity index (χ2v) is 5.29. The van der Waals surface area contributed by atoms with Gasteiger partial charge in [0.1, 0.15) is 0 Å². The maximum Gasteiger partial charge on any atom is -0.0149 e. The third kappa shape index (κ3) is 4.32. The van der Waals surface area contributed by atoms with Crippen LogP contribution in [0.3, 0.4) is 0 Å². The largest absolute Gasteiger partial charge is 0.0623 e. The molecule has 0 radical (unpaired) electrons. The highest BCUT2D eigenvalue weighted by atomic mass is 14.1. The van der Waals surface area contributed by atoms with Crippen LogP contribution in [-0.2, 0) is 0 Å². The van der Waals surface area contributed by atoms with E-state index in [1.54, 1.807) is 0 Å². The zero-order valence-electron chi connectivity index (χ0n) is 13.0. The van der Waals surface area contributed by atoms with E-state index in [4.69, 9.17) is 0 Å². The second-order valence-electron chi connectivity index (χ2n) is 5.29. The fourth-order valence-corrected chi connectivity index (χ4v) is 2.29. The number of hydrogen-bond acceptors (Lipinski definition) is 0. The number of benzene rings is 3. The first kappa shape index (κ1) is 15.1. The van der Waals surface area contributed by atoms with Gasteiger partial charge in [-0.3, -0.25) is 0 Å². The summed E-state index contributed by atoms with van der Waals surface area (Å²) in [6, 6.07) is 27.2. The van der Waals surface area contributed by atoms with Gasteiger partial charge in [-0.1, -0.05) is 84.4 Å². The normalized spacial score (nSPS) is 9.67. The molecule has 0 atom stereocenters. The molecule has 0 fully saturated rings. The monoisotopic (exact) mass is 274 g/mol. The molecule has 0 heteroatoms. The van der Waals surface area contributed by atoms with E-state index in [-0.39, 0.29) is 0 Å². The van der Waals surface area contributed by atoms with Crippen LogP contribution < -0.4 is 0 Å². The Kier molecular flexibility index (Phi) is 5.34. The molecule has 106 valence electrons. The highest BCUT2D eigenvalue weighted by Gasteiger charge is 2.03. The SMILES string of the molecule is Cc1ccc(C)c(-c2ccccc2C)c1.c1ccccc1. The lowest BCUT2D eigenvalue weighted by molar-refractivity contribution is 1.37. The summed E-state index contributed by atoms with van der Waals surface area (Å²) in [6.45, 7) is 6.47. The molecule has 0 nitrogen and oxygen atoms in total. The third-order valence-corrected chi connectivity index (χ3v) is 3.49. The molecule has 0 aliphatic rings. The molecule has 0 spiro atoms. The van der Waals surface area contributed by atoms with E-state index in [1.165, 1.54) is 27.8 Å². The molecule has 0 unspecified atom stereocenters. The number of aryl methyl sites for hydroxylation is 3. The van der Waals surface area contributed by atoms with Crippen LogP contribution in [0.15, 0.2) is 78.9 Å². The molecule has 0 N–H and O–H groups in total. The predicted octanol–water partition coefficient (Wildman–Crippen LogP) is 5.97. The van der Waals surface area contributed by atoms with E-state index >= 15 is 0 Å². The zero-order valence-corrected chi connectivity index (χ0v) is 13.0. The quantitative estimate of drug-likeness (QED) is 0.513. The molecule has 0 aromatic heterocycles. The second kappa shape index (κ2) is 7.44. The van der Waals surface area contributed by atoms with Gasteiger partial charge in [0.2, 0.25) is 0 Å². The molecule has 0 saturated carbocycles. The Balaban J connectivity index is 0.000000225. The highest BCUT2D eigenvalue weighted by Crippen LogP contribution is 2.27. The van der Waals surface area contributed by atoms with E-state index in [2.05, 4.69) is 63.2 Å². The van der Waals surface area contributed by atoms with Crippen LogP contribution in [0.25, 0.3) is 11.1 Å². The summed E-state index contributed by atoms with van der Waals surface area (Å²) in [5.41, 5.74) is 6.70. The standard InChI is InChI=1S/C15H16.C6H6/c1-11-8-9-13(3)15(10-11)14-7-5-4-6-12(14)2;1-2-4-6-5-3-1/h4-10H,1-3H3;1-6H. The Hall–Kier alpha value is -2.34. The molecule has 0 bridgehead atoms. The molecule has 3 rings (SSSR count). The summed E-state index contributed by atoms with van der Waals surface area (Å²) in [4.78, 5) is 0. The van der Waals surface area contributed by atoms with E-state index in [0.29, 0.717) is 0 Å². The minimum absolute atomic E-state index is 1.32. The maximum absolute atomic E-state index is 2.26. The Morgan fingerprint density at radius 2 is 1.00 bits per heavy atom. The van der Waals surface area contributed by atoms with Gasteiger partial charge in [0, 0.05) is 0 Å². The average Bonchev–Trinajstić information content (AvgIpc) is 2.53. The fourth-order valence-electron chi connectivity index (χ4n) is 2.29. The minimum Gasteiger partial charge on any atom is -0.0623 e. The molecule has 3 aromatic rings. The predicted molar refractivity (Wildman–Crippen MR) is 92.5 cm³/mol. The van der Waals surface area contributed by atoms with Crippen LogP contribution in [0, 0.1) is 20.8 Å². The van der Waals surface area contributed by atoms with E-state index in [9.17, 15) is 0 Å². The fraction of sp³-hybridized carbons (Fsp3) is 0.143. The van der Waals surface area contributed by atoms with Crippen molar-refractivity contribution >= 4 is 0 Å². The van der Waals surface area contributed by atoms with Gasteiger partial charge in [-0.2, -0.15) is 0 Å². The summed E-state index contributed by atoms with van der Waals surface area (Å²) in [6.07, 6.45) is 0. The van der Waals surface area contributed by atoms with Crippen molar-refractivity contribution in [2.45, 2.75) is 20.8 Å². The van der Waals surface area contributed by atoms with Gasteiger partial charge < -0.3 is 0 Å². The Labute approximate surface area is 128 Å². The van der Waals surface area contributed by atoms with E-state index < -0.39 is 0 Å². The first-order valence-electron chi connectivity index (χ1n) is 7.32. The molecular formula is C21H22. The lowest BCUT2D eigenvalue weighted by Gasteiger charge is -2.09. The Bertz CT molecular complexity index is 655. The minimum atomic E-state index is 1.32. The molecule has 21 heavy (non-hydrogen) atoms. The van der Waals surface area contributed by atoms with Crippen LogP contribution in [0.2, 0.25) is 0 Å². The molecule has 0 saturated heterocycles. The lowest BCUT2D eigenvalue weighted by atomic mass is 9.95. The van der Waals surface area contributed by atoms with Crippen molar-refractivity contribution in [3.8, 4) is 11.1 Å². The van der Waals surface area contributed by atoms with Crippen LogP contribution in [0.1, 0.15) is 16.7 Å². The van der Waals surface area contributed by atoms with Gasteiger partial charge in [-0.05, 0) is 43.0 Å². The van der Waals surface area contributed by atoms with E-state index in [0.717, 1.165) is 0 Å². The molecule has 3 aromatic carbocycles. The lowest BCUT2D eigenvalue weighted by Crippen LogP contribution is -1.87. The van der Waals surface area contributed by atoms with Crippen molar-refractivity contribution in [1.82, 2.24) is 0 Å². The van der Waals surface area contributed by atoms with E-state index in [1.807, 2.05) is 36.4 Å². The third-order valence-electron chi connectivity index (χ3n) is 3.49. The Morgan fingerprint density at radius 3 is 1.57 bits per heavy atom. The maximum atomic E-state index is 2.26. The molecule has 0 heterocycles. The summed E-state index contributed by atoms with van der Waals surface area (Å²) < 4.78 is 0. The van der Waals surface area contributed by atoms with Crippen molar-refractivity contribution in [3.63, 3.8) is 0 Å². The molecular weight excluding hydrogens is 252 g/mol. The van der Waals surface area contributed by atoms with Crippen molar-refractivity contribution in [2.24, 2.45) is 0 Å². The van der Waals surface area contributed by atoms with Gasteiger partial charge in [0.05, 0.1) is 0 Å².